The van der Waals surface area contributed by atoms with Gasteiger partial charge in [0.2, 0.25) is 11.8 Å². The normalized spacial score (nSPS) is 12.9. The van der Waals surface area contributed by atoms with Crippen LogP contribution in [0.5, 0.6) is 0 Å². The molecule has 0 aliphatic carbocycles. The number of aliphatic carboxylic acids is 3. The van der Waals surface area contributed by atoms with Gasteiger partial charge in [-0.15, -0.1) is 0 Å². The molecule has 2 atom stereocenters. The molecule has 12 N–H and O–H groups in total. The Labute approximate surface area is 275 Å². The average Bonchev–Trinajstić information content (AvgIpc) is 2.96. The molecular weight excluding hydrogens is 713 g/mol. The summed E-state index contributed by atoms with van der Waals surface area (Å²) in [4.78, 5) is 68.0. The van der Waals surface area contributed by atoms with E-state index < -0.39 is 85.1 Å². The number of hydrogen-bond donors (Lipinski definition) is 8. The summed E-state index contributed by atoms with van der Waals surface area (Å²) in [5.41, 5.74) is 11.2. The molecule has 284 valence electrons. The van der Waals surface area contributed by atoms with E-state index in [-0.39, 0.29) is 25.5 Å². The van der Waals surface area contributed by atoms with Gasteiger partial charge in [0.25, 0.3) is 11.4 Å². The number of nitrogens with one attached hydrogen (secondary N) is 4. The Bertz CT molecular complexity index is 1300. The van der Waals surface area contributed by atoms with Gasteiger partial charge >= 0.3 is 30.5 Å². The number of carbonyl (C=O) groups is 6. The second-order valence-corrected chi connectivity index (χ2v) is 9.56. The highest BCUT2D eigenvalue weighted by atomic mass is 19.4. The number of carboxylic acid groups (broad SMARTS) is 3. The standard InChI is InChI=1S/C21H30F3N7O5.2C2HF3O2/c22-21(23,24)20(27,8-4-9-29-19(25)26)18(36)30-12-15(32)31-14(11-16(33)34)17(35)28-10-7-13-5-2-1-3-6-13;2*3-2(4,5)1(6)7/h1-3,5-6,14H,4,7-12,27H2,(H,28,35)(H,30,36)(H,31,32)(H,33,34)(H4,25,26,29);2*(H,6,7)/t14-,20+;;/m0../s1. The molecule has 0 heterocycles. The van der Waals surface area contributed by atoms with Crippen LogP contribution in [-0.4, -0.2) is 96.4 Å². The summed E-state index contributed by atoms with van der Waals surface area (Å²) in [5.74, 6) is -11.0. The van der Waals surface area contributed by atoms with Crippen LogP contribution in [0.4, 0.5) is 39.5 Å². The Kier molecular flexibility index (Phi) is 19.5. The number of quaternary nitrogens is 1. The fourth-order valence-corrected chi connectivity index (χ4v) is 3.06. The Morgan fingerprint density at radius 2 is 1.34 bits per heavy atom. The number of guanidine groups is 1. The Balaban J connectivity index is 0. The smallest absolute Gasteiger partial charge is 0.453 e. The molecule has 0 saturated carbocycles. The van der Waals surface area contributed by atoms with Crippen molar-refractivity contribution in [3.63, 3.8) is 0 Å². The number of halogens is 9. The molecule has 1 aromatic carbocycles. The number of hydrogen-bond acceptors (Lipinski definition) is 8. The number of nitrogens with two attached hydrogens (primary N) is 2. The second-order valence-electron chi connectivity index (χ2n) is 9.56. The van der Waals surface area contributed by atoms with Crippen molar-refractivity contribution in [2.45, 2.75) is 55.8 Å². The van der Waals surface area contributed by atoms with Gasteiger partial charge in [0, 0.05) is 13.0 Å². The van der Waals surface area contributed by atoms with Crippen LogP contribution in [0.1, 0.15) is 24.8 Å². The summed E-state index contributed by atoms with van der Waals surface area (Å²) in [6.07, 6.45) is -16.6. The number of carboxylic acids is 3. The first-order valence-electron chi connectivity index (χ1n) is 13.4. The minimum atomic E-state index is -5.19. The predicted octanol–water partition coefficient (Wildman–Crippen LogP) is -5.30. The Morgan fingerprint density at radius 3 is 1.74 bits per heavy atom. The van der Waals surface area contributed by atoms with Crippen molar-refractivity contribution < 1.29 is 94.3 Å². The SMILES string of the molecule is NC(N)=[NH+]CCC[C@@]([NH3+])(C(=O)NCC(=O)N[C@@H](CC(=O)O)C(=O)NCCc1ccccc1)C(F)(F)F.O=C([O-])C(F)(F)F.O=C([O-])C(F)(F)F. The van der Waals surface area contributed by atoms with Crippen LogP contribution in [0.15, 0.2) is 30.3 Å². The summed E-state index contributed by atoms with van der Waals surface area (Å²) >= 11 is 0. The molecule has 0 fully saturated rings. The van der Waals surface area contributed by atoms with Crippen LogP contribution >= 0.6 is 0 Å². The summed E-state index contributed by atoms with van der Waals surface area (Å²) in [6.45, 7) is -0.815. The van der Waals surface area contributed by atoms with Crippen LogP contribution in [0, 0.1) is 0 Å². The number of rotatable bonds is 14. The maximum absolute atomic E-state index is 13.5. The zero-order chi connectivity index (χ0) is 39.5. The summed E-state index contributed by atoms with van der Waals surface area (Å²) < 4.78 is 104. The van der Waals surface area contributed by atoms with Crippen molar-refractivity contribution in [2.75, 3.05) is 19.6 Å². The van der Waals surface area contributed by atoms with E-state index in [1.54, 1.807) is 0 Å². The highest BCUT2D eigenvalue weighted by molar-refractivity contribution is 5.93. The number of benzene rings is 1. The van der Waals surface area contributed by atoms with Gasteiger partial charge in [0.15, 0.2) is 0 Å². The molecule has 0 aromatic heterocycles. The minimum absolute atomic E-state index is 0.0420. The van der Waals surface area contributed by atoms with Gasteiger partial charge in [0.05, 0.1) is 19.5 Å². The average molecular weight is 746 g/mol. The highest BCUT2D eigenvalue weighted by Gasteiger charge is 2.61. The van der Waals surface area contributed by atoms with Crippen LogP contribution < -0.4 is 48.4 Å². The van der Waals surface area contributed by atoms with E-state index in [2.05, 4.69) is 21.4 Å². The quantitative estimate of drug-likeness (QED) is 0.0385. The summed E-state index contributed by atoms with van der Waals surface area (Å²) in [7, 11) is 0. The first kappa shape index (κ1) is 46.8. The molecule has 0 radical (unpaired) electrons. The lowest BCUT2D eigenvalue weighted by Gasteiger charge is -2.26. The maximum Gasteiger partial charge on any atom is 0.453 e. The van der Waals surface area contributed by atoms with Gasteiger partial charge in [-0.05, 0) is 18.4 Å². The number of amides is 3. The second kappa shape index (κ2) is 20.9. The molecule has 16 nitrogen and oxygen atoms in total. The molecule has 3 amide bonds. The molecule has 0 unspecified atom stereocenters. The highest BCUT2D eigenvalue weighted by Crippen LogP contribution is 2.30. The first-order chi connectivity index (χ1) is 22.6. The van der Waals surface area contributed by atoms with Crippen molar-refractivity contribution in [1.29, 1.82) is 0 Å². The van der Waals surface area contributed by atoms with Crippen LogP contribution in [0.3, 0.4) is 0 Å². The van der Waals surface area contributed by atoms with Gasteiger partial charge in [-0.3, -0.25) is 35.6 Å². The third kappa shape index (κ3) is 20.1. The van der Waals surface area contributed by atoms with Gasteiger partial charge < -0.3 is 46.6 Å². The van der Waals surface area contributed by atoms with Crippen LogP contribution in [0.25, 0.3) is 0 Å². The van der Waals surface area contributed by atoms with Gasteiger partial charge in [0.1, 0.15) is 18.0 Å². The number of carbonyl (C=O) groups excluding carboxylic acids is 5. The van der Waals surface area contributed by atoms with Crippen molar-refractivity contribution in [3.8, 4) is 0 Å². The minimum Gasteiger partial charge on any atom is -0.542 e. The topological polar surface area (TPSA) is 299 Å². The molecule has 0 saturated heterocycles. The van der Waals surface area contributed by atoms with Crippen molar-refractivity contribution in [3.05, 3.63) is 35.9 Å². The van der Waals surface area contributed by atoms with Crippen molar-refractivity contribution in [1.82, 2.24) is 16.0 Å². The van der Waals surface area contributed by atoms with E-state index in [1.165, 1.54) is 0 Å². The fraction of sp³-hybridized carbons (Fsp3) is 0.480. The van der Waals surface area contributed by atoms with E-state index in [4.69, 9.17) is 36.4 Å². The molecule has 0 bridgehead atoms. The largest absolute Gasteiger partial charge is 0.542 e. The van der Waals surface area contributed by atoms with Crippen molar-refractivity contribution in [2.24, 2.45) is 11.5 Å². The molecule has 0 aliphatic heterocycles. The van der Waals surface area contributed by atoms with E-state index >= 15 is 0 Å². The lowest BCUT2D eigenvalue weighted by molar-refractivity contribution is -0.523. The van der Waals surface area contributed by atoms with Crippen LogP contribution in [-0.2, 0) is 35.2 Å². The van der Waals surface area contributed by atoms with E-state index in [1.807, 2.05) is 35.6 Å². The molecule has 1 rings (SSSR count). The lowest BCUT2D eigenvalue weighted by Crippen LogP contribution is -2.85. The van der Waals surface area contributed by atoms with E-state index in [9.17, 15) is 58.7 Å². The van der Waals surface area contributed by atoms with Gasteiger partial charge in [-0.2, -0.15) is 39.5 Å². The first-order valence-corrected chi connectivity index (χ1v) is 13.4. The Hall–Kier alpha value is -5.36. The van der Waals surface area contributed by atoms with E-state index in [0.717, 1.165) is 5.56 Å². The maximum atomic E-state index is 13.5. The number of alkyl halides is 9. The lowest BCUT2D eigenvalue weighted by atomic mass is 9.92. The summed E-state index contributed by atoms with van der Waals surface area (Å²) in [6, 6.07) is 7.60. The monoisotopic (exact) mass is 745 g/mol. The zero-order valence-electron chi connectivity index (χ0n) is 25.4. The molecule has 25 heteroatoms. The zero-order valence-corrected chi connectivity index (χ0v) is 25.4. The summed E-state index contributed by atoms with van der Waals surface area (Å²) in [5, 5.41) is 33.1. The Morgan fingerprint density at radius 1 is 0.860 bits per heavy atom. The molecule has 0 aliphatic rings. The fourth-order valence-electron chi connectivity index (χ4n) is 3.06. The van der Waals surface area contributed by atoms with Gasteiger partial charge in [-0.1, -0.05) is 30.3 Å². The molecular formula is C25H32F9N7O9. The van der Waals surface area contributed by atoms with E-state index in [0.29, 0.717) is 6.42 Å². The predicted molar refractivity (Wildman–Crippen MR) is 143 cm³/mol. The van der Waals surface area contributed by atoms with Gasteiger partial charge in [-0.25, -0.2) is 0 Å². The molecule has 50 heavy (non-hydrogen) atoms. The third-order valence-corrected chi connectivity index (χ3v) is 5.55. The van der Waals surface area contributed by atoms with Crippen LogP contribution in [0.2, 0.25) is 0 Å². The van der Waals surface area contributed by atoms with Crippen molar-refractivity contribution >= 4 is 41.6 Å². The third-order valence-electron chi connectivity index (χ3n) is 5.55. The molecule has 0 spiro atoms. The molecule has 1 aromatic rings.